The van der Waals surface area contributed by atoms with Crippen LogP contribution in [0.4, 0.5) is 0 Å². The van der Waals surface area contributed by atoms with Crippen LogP contribution in [0, 0.1) is 11.8 Å². The van der Waals surface area contributed by atoms with Gasteiger partial charge in [-0.25, -0.2) is 0 Å². The minimum absolute atomic E-state index is 0.133. The molecule has 2 aliphatic carbocycles. The molecule has 7 nitrogen and oxygen atoms in total. The van der Waals surface area contributed by atoms with E-state index in [0.29, 0.717) is 32.2 Å². The quantitative estimate of drug-likeness (QED) is 0.522. The molecular formula is C29H38N2O5. The summed E-state index contributed by atoms with van der Waals surface area (Å²) in [5.41, 5.74) is 2.08. The van der Waals surface area contributed by atoms with Crippen molar-refractivity contribution in [3.8, 4) is 11.8 Å². The number of aromatic nitrogens is 2. The van der Waals surface area contributed by atoms with Crippen LogP contribution in [0.15, 0.2) is 35.1 Å². The molecular weight excluding hydrogens is 456 g/mol. The summed E-state index contributed by atoms with van der Waals surface area (Å²) in [6.07, 6.45) is 11.8. The predicted octanol–water partition coefficient (Wildman–Crippen LogP) is 4.85. The van der Waals surface area contributed by atoms with Crippen molar-refractivity contribution >= 4 is 0 Å². The van der Waals surface area contributed by atoms with E-state index in [-0.39, 0.29) is 18.0 Å². The highest BCUT2D eigenvalue weighted by Gasteiger charge is 2.37. The maximum atomic E-state index is 12.1. The van der Waals surface area contributed by atoms with Gasteiger partial charge >= 0.3 is 0 Å². The fourth-order valence-electron chi connectivity index (χ4n) is 6.83. The molecule has 1 aromatic heterocycles. The summed E-state index contributed by atoms with van der Waals surface area (Å²) in [5.74, 6) is 3.31. The summed E-state index contributed by atoms with van der Waals surface area (Å²) in [5, 5.41) is 0. The summed E-state index contributed by atoms with van der Waals surface area (Å²) in [6.45, 7) is 2.29. The lowest BCUT2D eigenvalue weighted by Crippen LogP contribution is -2.30. The first-order chi connectivity index (χ1) is 17.7. The molecule has 0 N–H and O–H groups in total. The topological polar surface area (TPSA) is 71.8 Å². The molecule has 1 saturated heterocycles. The minimum Gasteiger partial charge on any atom is -0.490 e. The zero-order chi connectivity index (χ0) is 24.3. The van der Waals surface area contributed by atoms with Gasteiger partial charge in [0.2, 0.25) is 0 Å². The third-order valence-electron chi connectivity index (χ3n) is 8.55. The first kappa shape index (κ1) is 24.0. The SMILES string of the molecule is O=c1cc(CCOC2CCCCO2)n2c(n1)OC(COc1ccc(C3C4CCCC3CCC4)cc1)C2. The molecule has 36 heavy (non-hydrogen) atoms. The minimum atomic E-state index is -0.283. The van der Waals surface area contributed by atoms with Gasteiger partial charge in [0.15, 0.2) is 12.4 Å². The number of fused-ring (bicyclic) bond motifs is 3. The average Bonchev–Trinajstić information content (AvgIpc) is 3.31. The van der Waals surface area contributed by atoms with E-state index >= 15 is 0 Å². The number of benzene rings is 1. The van der Waals surface area contributed by atoms with Gasteiger partial charge in [-0.1, -0.05) is 25.0 Å². The summed E-state index contributed by atoms with van der Waals surface area (Å²) < 4.78 is 25.6. The average molecular weight is 495 g/mol. The van der Waals surface area contributed by atoms with Crippen LogP contribution in [0.25, 0.3) is 0 Å². The Balaban J connectivity index is 1.03. The van der Waals surface area contributed by atoms with E-state index in [9.17, 15) is 4.79 Å². The number of rotatable bonds is 8. The van der Waals surface area contributed by atoms with Crippen molar-refractivity contribution in [3.63, 3.8) is 0 Å². The van der Waals surface area contributed by atoms with Gasteiger partial charge in [-0.3, -0.25) is 9.36 Å². The number of hydrogen-bond acceptors (Lipinski definition) is 6. The molecule has 7 heteroatoms. The first-order valence-electron chi connectivity index (χ1n) is 14.0. The predicted molar refractivity (Wildman–Crippen MR) is 136 cm³/mol. The molecule has 2 saturated carbocycles. The lowest BCUT2D eigenvalue weighted by atomic mass is 9.62. The largest absolute Gasteiger partial charge is 0.490 e. The molecule has 2 unspecified atom stereocenters. The molecule has 0 radical (unpaired) electrons. The molecule has 1 aromatic carbocycles. The molecule has 6 rings (SSSR count). The molecule has 3 fully saturated rings. The Bertz CT molecular complexity index is 1060. The Kier molecular flexibility index (Phi) is 7.28. The molecule has 4 aliphatic rings. The third kappa shape index (κ3) is 5.32. The van der Waals surface area contributed by atoms with Crippen molar-refractivity contribution in [2.24, 2.45) is 11.8 Å². The van der Waals surface area contributed by atoms with Crippen LogP contribution in [0.2, 0.25) is 0 Å². The Morgan fingerprint density at radius 1 is 0.972 bits per heavy atom. The van der Waals surface area contributed by atoms with Gasteiger partial charge in [-0.15, -0.1) is 0 Å². The van der Waals surface area contributed by atoms with E-state index in [4.69, 9.17) is 18.9 Å². The zero-order valence-corrected chi connectivity index (χ0v) is 21.1. The first-order valence-corrected chi connectivity index (χ1v) is 14.0. The summed E-state index contributed by atoms with van der Waals surface area (Å²) in [6, 6.07) is 10.7. The smallest absolute Gasteiger partial charge is 0.300 e. The summed E-state index contributed by atoms with van der Waals surface area (Å²) >= 11 is 0. The third-order valence-corrected chi connectivity index (χ3v) is 8.55. The summed E-state index contributed by atoms with van der Waals surface area (Å²) in [7, 11) is 0. The lowest BCUT2D eigenvalue weighted by molar-refractivity contribution is -0.161. The Hall–Kier alpha value is -2.38. The number of hydrogen-bond donors (Lipinski definition) is 0. The standard InChI is InChI=1S/C29H38N2O5/c32-26-17-23(14-16-34-27-9-1-2-15-33-27)31-18-25(36-29(31)30-26)19-35-24-12-10-22(11-13-24)28-20-5-3-6-21(28)8-4-7-20/h10-13,17,20-21,25,27-28H,1-9,14-16,18-19H2. The number of nitrogens with zero attached hydrogens (tertiary/aromatic N) is 2. The summed E-state index contributed by atoms with van der Waals surface area (Å²) in [4.78, 5) is 16.2. The highest BCUT2D eigenvalue weighted by molar-refractivity contribution is 5.31. The van der Waals surface area contributed by atoms with Crippen molar-refractivity contribution in [2.75, 3.05) is 19.8 Å². The highest BCUT2D eigenvalue weighted by Crippen LogP contribution is 2.50. The Labute approximate surface area is 213 Å². The Morgan fingerprint density at radius 3 is 2.47 bits per heavy atom. The van der Waals surface area contributed by atoms with Crippen molar-refractivity contribution in [1.29, 1.82) is 0 Å². The van der Waals surface area contributed by atoms with Crippen molar-refractivity contribution < 1.29 is 18.9 Å². The van der Waals surface area contributed by atoms with E-state index in [1.807, 2.05) is 4.57 Å². The van der Waals surface area contributed by atoms with Crippen LogP contribution in [0.3, 0.4) is 0 Å². The van der Waals surface area contributed by atoms with Gasteiger partial charge in [0, 0.05) is 24.8 Å². The van der Waals surface area contributed by atoms with E-state index in [2.05, 4.69) is 29.2 Å². The van der Waals surface area contributed by atoms with Crippen molar-refractivity contribution in [3.05, 3.63) is 51.9 Å². The van der Waals surface area contributed by atoms with Crippen LogP contribution in [0.5, 0.6) is 11.8 Å². The van der Waals surface area contributed by atoms with Crippen LogP contribution >= 0.6 is 0 Å². The van der Waals surface area contributed by atoms with Crippen LogP contribution in [0.1, 0.15) is 75.0 Å². The Morgan fingerprint density at radius 2 is 1.75 bits per heavy atom. The second kappa shape index (κ2) is 10.9. The lowest BCUT2D eigenvalue weighted by Gasteiger charge is -2.43. The van der Waals surface area contributed by atoms with Crippen LogP contribution < -0.4 is 15.0 Å². The number of ether oxygens (including phenoxy) is 4. The van der Waals surface area contributed by atoms with E-state index in [1.165, 1.54) is 44.1 Å². The maximum absolute atomic E-state index is 12.1. The molecule has 2 atom stereocenters. The second-order valence-corrected chi connectivity index (χ2v) is 10.9. The fourth-order valence-corrected chi connectivity index (χ4v) is 6.83. The van der Waals surface area contributed by atoms with Crippen LogP contribution in [-0.2, 0) is 22.4 Å². The molecule has 2 bridgehead atoms. The molecule has 0 amide bonds. The molecule has 2 aliphatic heterocycles. The maximum Gasteiger partial charge on any atom is 0.300 e. The molecule has 194 valence electrons. The van der Waals surface area contributed by atoms with Gasteiger partial charge in [-0.2, -0.15) is 4.98 Å². The molecule has 2 aromatic rings. The zero-order valence-electron chi connectivity index (χ0n) is 21.1. The monoisotopic (exact) mass is 494 g/mol. The normalized spacial score (nSPS) is 29.4. The van der Waals surface area contributed by atoms with Crippen molar-refractivity contribution in [1.82, 2.24) is 9.55 Å². The van der Waals surface area contributed by atoms with Crippen LogP contribution in [-0.4, -0.2) is 41.8 Å². The van der Waals surface area contributed by atoms with Gasteiger partial charge in [0.25, 0.3) is 11.6 Å². The van der Waals surface area contributed by atoms with Gasteiger partial charge < -0.3 is 18.9 Å². The van der Waals surface area contributed by atoms with Crippen molar-refractivity contribution in [2.45, 2.75) is 89.1 Å². The second-order valence-electron chi connectivity index (χ2n) is 10.9. The van der Waals surface area contributed by atoms with Gasteiger partial charge in [-0.05, 0) is 80.4 Å². The van der Waals surface area contributed by atoms with Gasteiger partial charge in [0.1, 0.15) is 12.4 Å². The van der Waals surface area contributed by atoms with E-state index in [0.717, 1.165) is 55.1 Å². The highest BCUT2D eigenvalue weighted by atomic mass is 16.7. The molecule has 0 spiro atoms. The van der Waals surface area contributed by atoms with E-state index in [1.54, 1.807) is 6.07 Å². The fraction of sp³-hybridized carbons (Fsp3) is 0.655. The van der Waals surface area contributed by atoms with Gasteiger partial charge in [0.05, 0.1) is 13.2 Å². The van der Waals surface area contributed by atoms with E-state index < -0.39 is 0 Å². The molecule has 3 heterocycles.